The van der Waals surface area contributed by atoms with E-state index in [0.717, 1.165) is 5.56 Å². The van der Waals surface area contributed by atoms with Crippen molar-refractivity contribution >= 4 is 22.9 Å². The van der Waals surface area contributed by atoms with E-state index < -0.39 is 0 Å². The number of nitrogens with zero attached hydrogens (tertiary/aromatic N) is 2. The van der Waals surface area contributed by atoms with Crippen molar-refractivity contribution in [2.45, 2.75) is 13.8 Å². The van der Waals surface area contributed by atoms with E-state index in [0.29, 0.717) is 39.0 Å². The Morgan fingerprint density at radius 2 is 1.79 bits per heavy atom. The maximum atomic E-state index is 14.1. The highest BCUT2D eigenvalue weighted by Gasteiger charge is 2.19. The molecule has 0 saturated heterocycles. The van der Waals surface area contributed by atoms with E-state index in [4.69, 9.17) is 4.52 Å². The van der Waals surface area contributed by atoms with Gasteiger partial charge in [-0.3, -0.25) is 4.79 Å². The van der Waals surface area contributed by atoms with Gasteiger partial charge in [0.2, 0.25) is 0 Å². The predicted octanol–water partition coefficient (Wildman–Crippen LogP) is 5.47. The van der Waals surface area contributed by atoms with Gasteiger partial charge in [-0.05, 0) is 32.0 Å². The summed E-state index contributed by atoms with van der Waals surface area (Å²) in [6.45, 7) is 3.42. The number of carbonyl (C=O) groups excluding carboxylic acids is 1. The summed E-state index contributed by atoms with van der Waals surface area (Å²) in [6.07, 6.45) is 0. The Bertz CT molecular complexity index is 1150. The van der Waals surface area contributed by atoms with Crippen LogP contribution in [0.4, 0.5) is 10.1 Å². The second-order valence-electron chi connectivity index (χ2n) is 6.22. The van der Waals surface area contributed by atoms with Crippen LogP contribution in [-0.4, -0.2) is 16.0 Å². The third kappa shape index (κ3) is 3.32. The van der Waals surface area contributed by atoms with Crippen molar-refractivity contribution in [2.75, 3.05) is 5.32 Å². The summed E-state index contributed by atoms with van der Waals surface area (Å²) in [4.78, 5) is 17.3. The van der Waals surface area contributed by atoms with Crippen LogP contribution in [0, 0.1) is 19.7 Å². The number of benzene rings is 2. The van der Waals surface area contributed by atoms with Crippen molar-refractivity contribution in [3.05, 3.63) is 76.7 Å². The van der Waals surface area contributed by atoms with Gasteiger partial charge in [-0.2, -0.15) is 0 Å². The molecule has 0 bridgehead atoms. The Hall–Kier alpha value is -3.32. The molecule has 2 aromatic heterocycles. The van der Waals surface area contributed by atoms with Crippen LogP contribution in [0.2, 0.25) is 0 Å². The van der Waals surface area contributed by atoms with Crippen LogP contribution in [-0.2, 0) is 0 Å². The summed E-state index contributed by atoms with van der Waals surface area (Å²) >= 11 is 1.35. The molecular weight excluding hydrogens is 377 g/mol. The molecule has 1 N–H and O–H groups in total. The van der Waals surface area contributed by atoms with Crippen LogP contribution in [0.1, 0.15) is 21.8 Å². The van der Waals surface area contributed by atoms with Gasteiger partial charge >= 0.3 is 0 Å². The summed E-state index contributed by atoms with van der Waals surface area (Å²) in [5.41, 5.74) is 3.43. The average Bonchev–Trinajstić information content (AvgIpc) is 3.29. The lowest BCUT2D eigenvalue weighted by molar-refractivity contribution is 0.102. The van der Waals surface area contributed by atoms with Gasteiger partial charge in [-0.15, -0.1) is 11.3 Å². The van der Waals surface area contributed by atoms with Gasteiger partial charge in [-0.25, -0.2) is 9.37 Å². The Labute approximate surface area is 164 Å². The first-order chi connectivity index (χ1) is 13.5. The molecule has 28 heavy (non-hydrogen) atoms. The minimum Gasteiger partial charge on any atom is -0.361 e. The highest BCUT2D eigenvalue weighted by Crippen LogP contribution is 2.34. The largest absolute Gasteiger partial charge is 0.361 e. The normalized spacial score (nSPS) is 10.8. The second-order valence-corrected chi connectivity index (χ2v) is 7.07. The van der Waals surface area contributed by atoms with Gasteiger partial charge < -0.3 is 9.84 Å². The number of aromatic nitrogens is 2. The number of hydrogen-bond acceptors (Lipinski definition) is 5. The predicted molar refractivity (Wildman–Crippen MR) is 107 cm³/mol. The summed E-state index contributed by atoms with van der Waals surface area (Å²) in [5.74, 6) is -0.153. The minimum atomic E-state index is -0.316. The molecule has 0 atom stereocenters. The lowest BCUT2D eigenvalue weighted by Gasteiger charge is -2.09. The van der Waals surface area contributed by atoms with Crippen LogP contribution in [0.3, 0.4) is 0 Å². The zero-order valence-corrected chi connectivity index (χ0v) is 16.0. The van der Waals surface area contributed by atoms with Crippen molar-refractivity contribution in [3.8, 4) is 21.8 Å². The van der Waals surface area contributed by atoms with Gasteiger partial charge in [0.05, 0.1) is 17.1 Å². The quantitative estimate of drug-likeness (QED) is 0.499. The zero-order valence-electron chi connectivity index (χ0n) is 15.2. The molecule has 0 aliphatic heterocycles. The molecule has 4 aromatic rings. The molecule has 0 fully saturated rings. The van der Waals surface area contributed by atoms with Crippen molar-refractivity contribution < 1.29 is 13.7 Å². The number of aryl methyl sites for hydroxylation is 2. The smallest absolute Gasteiger partial charge is 0.261 e. The molecule has 4 rings (SSSR count). The number of hydrogen-bond donors (Lipinski definition) is 1. The summed E-state index contributed by atoms with van der Waals surface area (Å²) in [6, 6.07) is 13.9. The SMILES string of the molecule is Cc1noc(C)c1C(=O)Nc1ccccc1-c1csc(-c2ccccc2F)n1. The number of para-hydroxylation sites is 1. The first-order valence-electron chi connectivity index (χ1n) is 8.58. The van der Waals surface area contributed by atoms with Crippen LogP contribution in [0.15, 0.2) is 58.4 Å². The zero-order chi connectivity index (χ0) is 19.7. The fourth-order valence-electron chi connectivity index (χ4n) is 2.96. The van der Waals surface area contributed by atoms with Crippen molar-refractivity contribution in [1.82, 2.24) is 10.1 Å². The Kier molecular flexibility index (Phi) is 4.75. The number of rotatable bonds is 4. The lowest BCUT2D eigenvalue weighted by atomic mass is 10.1. The van der Waals surface area contributed by atoms with E-state index in [-0.39, 0.29) is 11.7 Å². The molecule has 0 spiro atoms. The summed E-state index contributed by atoms with van der Waals surface area (Å²) in [7, 11) is 0. The Morgan fingerprint density at radius 1 is 1.07 bits per heavy atom. The van der Waals surface area contributed by atoms with E-state index in [1.807, 2.05) is 23.6 Å². The fourth-order valence-corrected chi connectivity index (χ4v) is 3.81. The lowest BCUT2D eigenvalue weighted by Crippen LogP contribution is -2.14. The fraction of sp³-hybridized carbons (Fsp3) is 0.0952. The van der Waals surface area contributed by atoms with E-state index in [1.54, 1.807) is 38.1 Å². The molecule has 0 aliphatic rings. The highest BCUT2D eigenvalue weighted by molar-refractivity contribution is 7.13. The maximum absolute atomic E-state index is 14.1. The average molecular weight is 393 g/mol. The van der Waals surface area contributed by atoms with Crippen LogP contribution < -0.4 is 5.32 Å². The topological polar surface area (TPSA) is 68.0 Å². The van der Waals surface area contributed by atoms with E-state index in [1.165, 1.54) is 17.4 Å². The molecule has 140 valence electrons. The van der Waals surface area contributed by atoms with Gasteiger partial charge in [0.15, 0.2) is 0 Å². The monoisotopic (exact) mass is 393 g/mol. The number of anilines is 1. The Morgan fingerprint density at radius 3 is 2.50 bits per heavy atom. The van der Waals surface area contributed by atoms with E-state index >= 15 is 0 Å². The standard InChI is InChI=1S/C21H16FN3O2S/c1-12-19(13(2)27-25-12)20(26)23-17-10-6-4-8-15(17)18-11-28-21(24-18)14-7-3-5-9-16(14)22/h3-11H,1-2H3,(H,23,26). The second kappa shape index (κ2) is 7.36. The van der Waals surface area contributed by atoms with Gasteiger partial charge in [0.1, 0.15) is 22.1 Å². The van der Waals surface area contributed by atoms with Gasteiger partial charge in [-0.1, -0.05) is 35.5 Å². The van der Waals surface area contributed by atoms with Crippen LogP contribution >= 0.6 is 11.3 Å². The molecule has 1 amide bonds. The molecule has 0 saturated carbocycles. The van der Waals surface area contributed by atoms with Crippen LogP contribution in [0.25, 0.3) is 21.8 Å². The number of nitrogens with one attached hydrogen (secondary N) is 1. The summed E-state index contributed by atoms with van der Waals surface area (Å²) in [5, 5.41) is 9.16. The molecule has 5 nitrogen and oxygen atoms in total. The van der Waals surface area contributed by atoms with Gasteiger partial charge in [0.25, 0.3) is 5.91 Å². The molecule has 0 radical (unpaired) electrons. The van der Waals surface area contributed by atoms with Crippen molar-refractivity contribution in [3.63, 3.8) is 0 Å². The molecule has 2 heterocycles. The minimum absolute atomic E-state index is 0.298. The first kappa shape index (κ1) is 18.1. The number of thiazole rings is 1. The molecule has 0 unspecified atom stereocenters. The molecular formula is C21H16FN3O2S. The summed E-state index contributed by atoms with van der Waals surface area (Å²) < 4.78 is 19.1. The maximum Gasteiger partial charge on any atom is 0.261 e. The number of amides is 1. The third-order valence-corrected chi connectivity index (χ3v) is 5.20. The van der Waals surface area contributed by atoms with Crippen molar-refractivity contribution in [1.29, 1.82) is 0 Å². The molecule has 7 heteroatoms. The number of carbonyl (C=O) groups is 1. The molecule has 0 aliphatic carbocycles. The third-order valence-electron chi connectivity index (χ3n) is 4.32. The number of halogens is 1. The van der Waals surface area contributed by atoms with Crippen molar-refractivity contribution in [2.24, 2.45) is 0 Å². The van der Waals surface area contributed by atoms with Crippen LogP contribution in [0.5, 0.6) is 0 Å². The first-order valence-corrected chi connectivity index (χ1v) is 9.46. The highest BCUT2D eigenvalue weighted by atomic mass is 32.1. The van der Waals surface area contributed by atoms with Gasteiger partial charge in [0, 0.05) is 16.5 Å². The van der Waals surface area contributed by atoms with E-state index in [9.17, 15) is 9.18 Å². The molecule has 2 aromatic carbocycles. The van der Waals surface area contributed by atoms with E-state index in [2.05, 4.69) is 15.5 Å². The Balaban J connectivity index is 1.68.